The van der Waals surface area contributed by atoms with E-state index in [1.165, 1.54) is 25.5 Å². The minimum absolute atomic E-state index is 0.00699. The van der Waals surface area contributed by atoms with E-state index in [9.17, 15) is 19.7 Å². The zero-order valence-corrected chi connectivity index (χ0v) is 26.0. The molecule has 0 unspecified atom stereocenters. The molecule has 0 aliphatic carbocycles. The van der Waals surface area contributed by atoms with Crippen molar-refractivity contribution in [3.8, 4) is 17.2 Å². The second-order valence-electron chi connectivity index (χ2n) is 11.4. The van der Waals surface area contributed by atoms with Crippen molar-refractivity contribution in [2.45, 2.75) is 46.5 Å². The molecule has 0 heterocycles. The van der Waals surface area contributed by atoms with E-state index in [1.807, 2.05) is 13.8 Å². The first-order valence-electron chi connectivity index (χ1n) is 13.1. The van der Waals surface area contributed by atoms with Crippen LogP contribution in [0, 0.1) is 15.5 Å². The standard InChI is InChI=1S/C31H34BrN3O7/c1-30(2,3)19-31(4,5)22-10-14-25(24(16-22)35(38)39)41-18-28(36)34-33-17-20-7-13-26(27(15-20)40-6)42-29(37)21-8-11-23(32)12-9-21/h7-17H,18-19H2,1-6H3,(H,34,36). The number of nitrogens with zero attached hydrogens (tertiary/aromatic N) is 2. The first kappa shape index (κ1) is 32.3. The van der Waals surface area contributed by atoms with Crippen molar-refractivity contribution in [3.05, 3.63) is 91.9 Å². The predicted molar refractivity (Wildman–Crippen MR) is 164 cm³/mol. The number of carbonyl (C=O) groups is 2. The van der Waals surface area contributed by atoms with E-state index >= 15 is 0 Å². The van der Waals surface area contributed by atoms with Crippen molar-refractivity contribution in [2.75, 3.05) is 13.7 Å². The number of hydrogen-bond donors (Lipinski definition) is 1. The van der Waals surface area contributed by atoms with Gasteiger partial charge in [0.05, 0.1) is 23.8 Å². The summed E-state index contributed by atoms with van der Waals surface area (Å²) in [5, 5.41) is 15.6. The quantitative estimate of drug-likeness (QED) is 0.0800. The Morgan fingerprint density at radius 1 is 0.976 bits per heavy atom. The summed E-state index contributed by atoms with van der Waals surface area (Å²) >= 11 is 3.32. The highest BCUT2D eigenvalue weighted by Crippen LogP contribution is 2.39. The molecule has 222 valence electrons. The number of hydrogen-bond acceptors (Lipinski definition) is 8. The second-order valence-corrected chi connectivity index (χ2v) is 12.4. The van der Waals surface area contributed by atoms with Crippen LogP contribution in [0.15, 0.2) is 70.2 Å². The average molecular weight is 641 g/mol. The number of hydrazone groups is 1. The van der Waals surface area contributed by atoms with Gasteiger partial charge in [-0.1, -0.05) is 56.6 Å². The summed E-state index contributed by atoms with van der Waals surface area (Å²) in [5.41, 5.74) is 3.60. The average Bonchev–Trinajstić information content (AvgIpc) is 2.91. The largest absolute Gasteiger partial charge is 0.493 e. The number of esters is 1. The number of methoxy groups -OCH3 is 1. The van der Waals surface area contributed by atoms with Gasteiger partial charge in [0, 0.05) is 10.5 Å². The molecule has 42 heavy (non-hydrogen) atoms. The van der Waals surface area contributed by atoms with Gasteiger partial charge < -0.3 is 14.2 Å². The number of rotatable bonds is 11. The van der Waals surface area contributed by atoms with Gasteiger partial charge >= 0.3 is 11.7 Å². The highest BCUT2D eigenvalue weighted by atomic mass is 79.9. The molecule has 0 saturated heterocycles. The van der Waals surface area contributed by atoms with Crippen molar-refractivity contribution in [1.82, 2.24) is 5.43 Å². The first-order chi connectivity index (χ1) is 19.7. The van der Waals surface area contributed by atoms with Crippen molar-refractivity contribution >= 4 is 39.7 Å². The number of amides is 1. The van der Waals surface area contributed by atoms with Crippen molar-refractivity contribution < 1.29 is 28.7 Å². The minimum atomic E-state index is -0.607. The summed E-state index contributed by atoms with van der Waals surface area (Å²) in [4.78, 5) is 36.0. The SMILES string of the molecule is COc1cc(C=NNC(=O)COc2ccc(C(C)(C)CC(C)(C)C)cc2[N+](=O)[O-])ccc1OC(=O)c1ccc(Br)cc1. The van der Waals surface area contributed by atoms with Gasteiger partial charge in [0.25, 0.3) is 5.91 Å². The molecule has 3 aromatic carbocycles. The third-order valence-electron chi connectivity index (χ3n) is 6.14. The van der Waals surface area contributed by atoms with Crippen LogP contribution in [-0.4, -0.2) is 36.7 Å². The molecule has 0 aliphatic rings. The van der Waals surface area contributed by atoms with Crippen LogP contribution < -0.4 is 19.6 Å². The molecular weight excluding hydrogens is 606 g/mol. The van der Waals surface area contributed by atoms with E-state index in [2.05, 4.69) is 47.2 Å². The Labute approximate surface area is 253 Å². The topological polar surface area (TPSA) is 129 Å². The molecule has 0 saturated carbocycles. The lowest BCUT2D eigenvalue weighted by Gasteiger charge is -2.33. The molecule has 0 atom stereocenters. The molecule has 0 aromatic heterocycles. The Morgan fingerprint density at radius 2 is 1.64 bits per heavy atom. The Morgan fingerprint density at radius 3 is 2.26 bits per heavy atom. The maximum absolute atomic E-state index is 12.4. The fraction of sp³-hybridized carbons (Fsp3) is 0.323. The van der Waals surface area contributed by atoms with E-state index in [0.717, 1.165) is 16.5 Å². The molecule has 10 nitrogen and oxygen atoms in total. The Hall–Kier alpha value is -4.25. The number of nitro groups is 1. The van der Waals surface area contributed by atoms with Crippen LogP contribution in [0.5, 0.6) is 17.2 Å². The van der Waals surface area contributed by atoms with Crippen molar-refractivity contribution in [1.29, 1.82) is 0 Å². The summed E-state index contributed by atoms with van der Waals surface area (Å²) in [5.74, 6) is -0.648. The van der Waals surface area contributed by atoms with Gasteiger partial charge in [-0.2, -0.15) is 5.10 Å². The summed E-state index contributed by atoms with van der Waals surface area (Å²) in [6.45, 7) is 9.98. The molecule has 0 spiro atoms. The van der Waals surface area contributed by atoms with Gasteiger partial charge in [-0.25, -0.2) is 10.2 Å². The van der Waals surface area contributed by atoms with Gasteiger partial charge in [0.1, 0.15) is 0 Å². The number of carbonyl (C=O) groups excluding carboxylic acids is 2. The molecule has 1 amide bonds. The van der Waals surface area contributed by atoms with E-state index in [1.54, 1.807) is 48.5 Å². The van der Waals surface area contributed by atoms with Gasteiger partial charge in [-0.15, -0.1) is 0 Å². The van der Waals surface area contributed by atoms with E-state index in [0.29, 0.717) is 16.9 Å². The van der Waals surface area contributed by atoms with Gasteiger partial charge in [0.2, 0.25) is 0 Å². The van der Waals surface area contributed by atoms with Gasteiger partial charge in [-0.3, -0.25) is 14.9 Å². The second kappa shape index (κ2) is 13.6. The molecule has 0 fully saturated rings. The van der Waals surface area contributed by atoms with Crippen LogP contribution in [-0.2, 0) is 10.2 Å². The molecule has 1 N–H and O–H groups in total. The number of halogens is 1. The molecule has 3 aromatic rings. The Balaban J connectivity index is 1.61. The first-order valence-corrected chi connectivity index (χ1v) is 13.9. The van der Waals surface area contributed by atoms with E-state index < -0.39 is 23.4 Å². The molecule has 0 aliphatic heterocycles. The number of nitrogens with one attached hydrogen (secondary N) is 1. The number of benzene rings is 3. The lowest BCUT2D eigenvalue weighted by molar-refractivity contribution is -0.385. The third-order valence-corrected chi connectivity index (χ3v) is 6.67. The Bertz CT molecular complexity index is 1480. The van der Waals surface area contributed by atoms with Crippen molar-refractivity contribution in [2.24, 2.45) is 10.5 Å². The zero-order chi connectivity index (χ0) is 31.1. The maximum Gasteiger partial charge on any atom is 0.343 e. The van der Waals surface area contributed by atoms with Crippen LogP contribution in [0.25, 0.3) is 0 Å². The normalized spacial score (nSPS) is 11.7. The van der Waals surface area contributed by atoms with E-state index in [-0.39, 0.29) is 28.0 Å². The zero-order valence-electron chi connectivity index (χ0n) is 24.4. The molecular formula is C31H34BrN3O7. The van der Waals surface area contributed by atoms with Crippen LogP contribution in [0.3, 0.4) is 0 Å². The van der Waals surface area contributed by atoms with Crippen LogP contribution >= 0.6 is 15.9 Å². The lowest BCUT2D eigenvalue weighted by atomic mass is 9.72. The maximum atomic E-state index is 12.4. The minimum Gasteiger partial charge on any atom is -0.493 e. The Kier molecular flexibility index (Phi) is 10.5. The summed E-state index contributed by atoms with van der Waals surface area (Å²) in [7, 11) is 1.43. The smallest absolute Gasteiger partial charge is 0.343 e. The van der Waals surface area contributed by atoms with E-state index in [4.69, 9.17) is 14.2 Å². The molecule has 11 heteroatoms. The monoisotopic (exact) mass is 639 g/mol. The van der Waals surface area contributed by atoms with Gasteiger partial charge in [-0.05, 0) is 76.9 Å². The molecule has 0 bridgehead atoms. The van der Waals surface area contributed by atoms with Crippen molar-refractivity contribution in [3.63, 3.8) is 0 Å². The summed E-state index contributed by atoms with van der Waals surface area (Å²) < 4.78 is 17.1. The van der Waals surface area contributed by atoms with Gasteiger partial charge in [0.15, 0.2) is 23.9 Å². The number of nitro benzene ring substituents is 1. The van der Waals surface area contributed by atoms with Crippen LogP contribution in [0.4, 0.5) is 5.69 Å². The molecule has 0 radical (unpaired) electrons. The predicted octanol–water partition coefficient (Wildman–Crippen LogP) is 6.83. The van der Waals surface area contributed by atoms with Crippen LogP contribution in [0.1, 0.15) is 62.5 Å². The lowest BCUT2D eigenvalue weighted by Crippen LogP contribution is -2.26. The highest BCUT2D eigenvalue weighted by Gasteiger charge is 2.30. The third kappa shape index (κ3) is 9.13. The fourth-order valence-electron chi connectivity index (χ4n) is 4.58. The fourth-order valence-corrected chi connectivity index (χ4v) is 4.84. The van der Waals surface area contributed by atoms with Crippen LogP contribution in [0.2, 0.25) is 0 Å². The summed E-state index contributed by atoms with van der Waals surface area (Å²) in [6.07, 6.45) is 2.19. The molecule has 3 rings (SSSR count). The summed E-state index contributed by atoms with van der Waals surface area (Å²) in [6, 6.07) is 16.3. The highest BCUT2D eigenvalue weighted by molar-refractivity contribution is 9.10. The number of ether oxygens (including phenoxy) is 3.